The van der Waals surface area contributed by atoms with Crippen LogP contribution in [0.4, 0.5) is 17.1 Å². The van der Waals surface area contributed by atoms with E-state index >= 15 is 0 Å². The van der Waals surface area contributed by atoms with E-state index in [0.29, 0.717) is 0 Å². The fourth-order valence-electron chi connectivity index (χ4n) is 8.20. The maximum absolute atomic E-state index is 6.28. The zero-order chi connectivity index (χ0) is 34.9. The lowest BCUT2D eigenvalue weighted by Gasteiger charge is -2.28. The molecule has 0 fully saturated rings. The number of hydrogen-bond donors (Lipinski definition) is 0. The van der Waals surface area contributed by atoms with Gasteiger partial charge in [-0.1, -0.05) is 140 Å². The van der Waals surface area contributed by atoms with Crippen LogP contribution in [0.15, 0.2) is 192 Å². The summed E-state index contributed by atoms with van der Waals surface area (Å²) in [5, 5.41) is 9.71. The maximum atomic E-state index is 6.28. The zero-order valence-electron chi connectivity index (χ0n) is 28.7. The summed E-state index contributed by atoms with van der Waals surface area (Å²) in [4.78, 5) is 2.46. The molecule has 11 rings (SSSR count). The predicted molar refractivity (Wildman–Crippen MR) is 227 cm³/mol. The third-order valence-corrected chi connectivity index (χ3v) is 11.9. The summed E-state index contributed by atoms with van der Waals surface area (Å²) in [6.07, 6.45) is 0. The predicted octanol–water partition coefficient (Wildman–Crippen LogP) is 15.1. The molecule has 53 heavy (non-hydrogen) atoms. The fraction of sp³-hybridized carbons (Fsp3) is 0. The van der Waals surface area contributed by atoms with E-state index in [9.17, 15) is 0 Å². The third-order valence-electron chi connectivity index (χ3n) is 10.7. The summed E-state index contributed by atoms with van der Waals surface area (Å²) in [5.74, 6) is 0. The van der Waals surface area contributed by atoms with Gasteiger partial charge in [-0.05, 0) is 86.9 Å². The second-order valence-corrected chi connectivity index (χ2v) is 14.7. The summed E-state index contributed by atoms with van der Waals surface area (Å²) in [6, 6.07) is 68.0. The second kappa shape index (κ2) is 11.9. The van der Waals surface area contributed by atoms with Crippen molar-refractivity contribution in [3.05, 3.63) is 188 Å². The highest BCUT2D eigenvalue weighted by Crippen LogP contribution is 2.47. The summed E-state index contributed by atoms with van der Waals surface area (Å²) in [6.45, 7) is 0. The molecule has 0 saturated heterocycles. The Balaban J connectivity index is 1.13. The van der Waals surface area contributed by atoms with Crippen LogP contribution in [0.2, 0.25) is 0 Å². The molecule has 0 unspecified atom stereocenters. The zero-order valence-corrected chi connectivity index (χ0v) is 29.5. The lowest BCUT2D eigenvalue weighted by Crippen LogP contribution is -2.10. The van der Waals surface area contributed by atoms with Crippen molar-refractivity contribution in [2.45, 2.75) is 0 Å². The molecule has 0 bridgehead atoms. The van der Waals surface area contributed by atoms with Gasteiger partial charge in [0.1, 0.15) is 11.2 Å². The van der Waals surface area contributed by atoms with Crippen molar-refractivity contribution in [2.75, 3.05) is 4.90 Å². The normalized spacial score (nSPS) is 11.8. The van der Waals surface area contributed by atoms with E-state index in [4.69, 9.17) is 4.42 Å². The van der Waals surface area contributed by atoms with Crippen LogP contribution in [0.1, 0.15) is 0 Å². The first-order chi connectivity index (χ1) is 26.3. The van der Waals surface area contributed by atoms with Crippen LogP contribution in [0.3, 0.4) is 0 Å². The molecular weight excluding hydrogens is 663 g/mol. The molecule has 0 atom stereocenters. The summed E-state index contributed by atoms with van der Waals surface area (Å²) in [7, 11) is 0. The first-order valence-electron chi connectivity index (χ1n) is 18.0. The number of anilines is 3. The lowest BCUT2D eigenvalue weighted by molar-refractivity contribution is 0.669. The van der Waals surface area contributed by atoms with Crippen molar-refractivity contribution in [1.29, 1.82) is 0 Å². The summed E-state index contributed by atoms with van der Waals surface area (Å²) < 4.78 is 8.85. The number of furan rings is 1. The van der Waals surface area contributed by atoms with Crippen molar-refractivity contribution in [2.24, 2.45) is 0 Å². The number of para-hydroxylation sites is 1. The quantitative estimate of drug-likeness (QED) is 0.178. The highest BCUT2D eigenvalue weighted by Gasteiger charge is 2.21. The van der Waals surface area contributed by atoms with Gasteiger partial charge in [-0.2, -0.15) is 0 Å². The molecule has 2 aromatic heterocycles. The van der Waals surface area contributed by atoms with E-state index in [1.165, 1.54) is 75.0 Å². The van der Waals surface area contributed by atoms with E-state index < -0.39 is 0 Å². The minimum Gasteiger partial charge on any atom is -0.456 e. The molecule has 248 valence electrons. The molecule has 0 saturated carbocycles. The topological polar surface area (TPSA) is 16.4 Å². The van der Waals surface area contributed by atoms with Crippen LogP contribution in [-0.4, -0.2) is 0 Å². The Labute approximate surface area is 310 Å². The molecule has 0 radical (unpaired) electrons. The molecule has 2 heterocycles. The molecule has 9 aromatic carbocycles. The first kappa shape index (κ1) is 30.0. The standard InChI is InChI=1S/C50H31NOS/c1-2-11-32(12-3-1)33-25-28-36(29-26-33)51(45-20-10-18-41-40-13-5-7-22-48(40)53-50(41)45)44-19-9-16-38-37(15-8-17-39(38)44)35-24-23-34-27-30-47-49(43(34)31-35)42-14-4-6-21-46(42)52-47/h1-31H. The Morgan fingerprint density at radius 1 is 0.396 bits per heavy atom. The summed E-state index contributed by atoms with van der Waals surface area (Å²) >= 11 is 1.87. The van der Waals surface area contributed by atoms with Gasteiger partial charge in [0.05, 0.1) is 16.1 Å². The Bertz CT molecular complexity index is 3170. The van der Waals surface area contributed by atoms with Gasteiger partial charge in [-0.3, -0.25) is 0 Å². The SMILES string of the molecule is c1ccc(-c2ccc(N(c3cccc4c(-c5ccc6ccc7oc8ccccc8c7c6c5)cccc34)c3cccc4c3sc3ccccc34)cc2)cc1. The van der Waals surface area contributed by atoms with E-state index in [1.54, 1.807) is 0 Å². The van der Waals surface area contributed by atoms with Gasteiger partial charge >= 0.3 is 0 Å². The largest absolute Gasteiger partial charge is 0.456 e. The Morgan fingerprint density at radius 2 is 1.06 bits per heavy atom. The monoisotopic (exact) mass is 693 g/mol. The molecule has 0 N–H and O–H groups in total. The molecule has 11 aromatic rings. The Kier molecular flexibility index (Phi) is 6.76. The fourth-order valence-corrected chi connectivity index (χ4v) is 9.41. The van der Waals surface area contributed by atoms with Gasteiger partial charge in [0.25, 0.3) is 0 Å². The molecular formula is C50H31NOS. The van der Waals surface area contributed by atoms with Crippen LogP contribution in [0.5, 0.6) is 0 Å². The van der Waals surface area contributed by atoms with E-state index in [0.717, 1.165) is 27.9 Å². The number of nitrogens with zero attached hydrogens (tertiary/aromatic N) is 1. The van der Waals surface area contributed by atoms with Gasteiger partial charge in [0.15, 0.2) is 0 Å². The van der Waals surface area contributed by atoms with Crippen LogP contribution >= 0.6 is 11.3 Å². The van der Waals surface area contributed by atoms with Crippen LogP contribution in [-0.2, 0) is 0 Å². The van der Waals surface area contributed by atoms with Crippen LogP contribution in [0.25, 0.3) is 85.9 Å². The highest BCUT2D eigenvalue weighted by atomic mass is 32.1. The van der Waals surface area contributed by atoms with Crippen LogP contribution in [0, 0.1) is 0 Å². The summed E-state index contributed by atoms with van der Waals surface area (Å²) in [5.41, 5.74) is 10.1. The van der Waals surface area contributed by atoms with Crippen molar-refractivity contribution in [3.63, 3.8) is 0 Å². The second-order valence-electron chi connectivity index (χ2n) is 13.7. The number of benzene rings is 9. The average Bonchev–Trinajstić information content (AvgIpc) is 3.81. The highest BCUT2D eigenvalue weighted by molar-refractivity contribution is 7.26. The van der Waals surface area contributed by atoms with E-state index in [2.05, 4.69) is 187 Å². The number of hydrogen-bond acceptors (Lipinski definition) is 3. The van der Waals surface area contributed by atoms with Gasteiger partial charge < -0.3 is 9.32 Å². The molecule has 0 spiro atoms. The molecule has 0 amide bonds. The smallest absolute Gasteiger partial charge is 0.136 e. The molecule has 0 aliphatic heterocycles. The Hall–Kier alpha value is -6.68. The molecule has 3 heteroatoms. The van der Waals surface area contributed by atoms with Crippen molar-refractivity contribution < 1.29 is 4.42 Å². The van der Waals surface area contributed by atoms with Crippen molar-refractivity contribution in [1.82, 2.24) is 0 Å². The van der Waals surface area contributed by atoms with Crippen molar-refractivity contribution in [3.8, 4) is 22.3 Å². The van der Waals surface area contributed by atoms with E-state index in [-0.39, 0.29) is 0 Å². The minimum absolute atomic E-state index is 0.917. The molecule has 0 aliphatic rings. The number of fused-ring (bicyclic) bond motifs is 9. The Morgan fingerprint density at radius 3 is 1.94 bits per heavy atom. The van der Waals surface area contributed by atoms with Gasteiger partial charge in [-0.15, -0.1) is 11.3 Å². The molecule has 0 aliphatic carbocycles. The number of thiophene rings is 1. The average molecular weight is 694 g/mol. The van der Waals surface area contributed by atoms with Gasteiger partial charge in [0, 0.05) is 37.3 Å². The third kappa shape index (κ3) is 4.78. The van der Waals surface area contributed by atoms with Crippen molar-refractivity contribution >= 4 is 92.1 Å². The van der Waals surface area contributed by atoms with E-state index in [1.807, 2.05) is 17.4 Å². The van der Waals surface area contributed by atoms with Gasteiger partial charge in [-0.25, -0.2) is 0 Å². The van der Waals surface area contributed by atoms with Gasteiger partial charge in [0.2, 0.25) is 0 Å². The maximum Gasteiger partial charge on any atom is 0.136 e. The lowest BCUT2D eigenvalue weighted by atomic mass is 9.94. The molecule has 2 nitrogen and oxygen atoms in total. The van der Waals surface area contributed by atoms with Crippen LogP contribution < -0.4 is 4.90 Å². The minimum atomic E-state index is 0.917. The first-order valence-corrected chi connectivity index (χ1v) is 18.8. The number of rotatable bonds is 5.